The molecule has 0 aliphatic heterocycles. The molecule has 0 bridgehead atoms. The van der Waals surface area contributed by atoms with Gasteiger partial charge in [0.25, 0.3) is 0 Å². The van der Waals surface area contributed by atoms with Crippen molar-refractivity contribution < 1.29 is 24.3 Å². The van der Waals surface area contributed by atoms with Crippen molar-refractivity contribution in [3.8, 4) is 0 Å². The minimum absolute atomic E-state index is 0.0336. The van der Waals surface area contributed by atoms with Gasteiger partial charge in [-0.25, -0.2) is 4.79 Å². The second kappa shape index (κ2) is 12.4. The van der Waals surface area contributed by atoms with Gasteiger partial charge in [0.1, 0.15) is 18.1 Å². The minimum Gasteiger partial charge on any atom is -0.480 e. The van der Waals surface area contributed by atoms with Crippen molar-refractivity contribution in [2.45, 2.75) is 85.5 Å². The number of aliphatic carboxylic acids is 1. The maximum Gasteiger partial charge on any atom is 0.326 e. The second-order valence-electron chi connectivity index (χ2n) is 8.40. The number of carboxylic acid groups (broad SMARTS) is 1. The van der Waals surface area contributed by atoms with Gasteiger partial charge in [-0.05, 0) is 31.1 Å². The Morgan fingerprint density at radius 2 is 1.41 bits per heavy atom. The van der Waals surface area contributed by atoms with Gasteiger partial charge in [-0.1, -0.05) is 48.0 Å². The molecule has 0 aliphatic rings. The monoisotopic (exact) mass is 414 g/mol. The van der Waals surface area contributed by atoms with Crippen LogP contribution >= 0.6 is 0 Å². The van der Waals surface area contributed by atoms with E-state index in [1.54, 1.807) is 13.8 Å². The summed E-state index contributed by atoms with van der Waals surface area (Å²) < 4.78 is 0. The summed E-state index contributed by atoms with van der Waals surface area (Å²) in [6.07, 6.45) is 1.06. The molecule has 0 aliphatic carbocycles. The van der Waals surface area contributed by atoms with E-state index in [1.807, 2.05) is 27.7 Å². The van der Waals surface area contributed by atoms with E-state index in [1.165, 1.54) is 6.92 Å². The van der Waals surface area contributed by atoms with Crippen LogP contribution in [0.25, 0.3) is 0 Å². The van der Waals surface area contributed by atoms with E-state index in [2.05, 4.69) is 16.0 Å². The number of amides is 3. The van der Waals surface area contributed by atoms with E-state index >= 15 is 0 Å². The third-order valence-corrected chi connectivity index (χ3v) is 4.88. The largest absolute Gasteiger partial charge is 0.480 e. The van der Waals surface area contributed by atoms with Gasteiger partial charge >= 0.3 is 5.97 Å². The number of rotatable bonds is 12. The van der Waals surface area contributed by atoms with Crippen molar-refractivity contribution in [2.24, 2.45) is 23.5 Å². The molecule has 0 aromatic heterocycles. The topological polar surface area (TPSA) is 151 Å². The molecule has 9 heteroatoms. The molecule has 29 heavy (non-hydrogen) atoms. The van der Waals surface area contributed by atoms with Gasteiger partial charge in [0.05, 0.1) is 6.04 Å². The molecule has 9 nitrogen and oxygen atoms in total. The van der Waals surface area contributed by atoms with Crippen LogP contribution in [0, 0.1) is 17.8 Å². The van der Waals surface area contributed by atoms with Crippen LogP contribution in [0.1, 0.15) is 61.3 Å². The lowest BCUT2D eigenvalue weighted by Gasteiger charge is -2.26. The van der Waals surface area contributed by atoms with Gasteiger partial charge in [-0.3, -0.25) is 14.4 Å². The third-order valence-electron chi connectivity index (χ3n) is 4.88. The maximum atomic E-state index is 12.6. The number of nitrogens with one attached hydrogen (secondary N) is 3. The standard InChI is InChI=1S/C20H38N4O5/c1-8-12(6)15(21)19(27)22-13(7)17(25)23-14(9-10(2)3)18(26)24-16(11(4)5)20(28)29/h10-16H,8-9,21H2,1-7H3,(H,22,27)(H,23,25)(H,24,26)(H,28,29). The quantitative estimate of drug-likeness (QED) is 0.316. The number of carbonyl (C=O) groups is 4. The first-order chi connectivity index (χ1) is 13.3. The summed E-state index contributed by atoms with van der Waals surface area (Å²) in [5, 5.41) is 17.0. The van der Waals surface area contributed by atoms with Crippen molar-refractivity contribution in [3.63, 3.8) is 0 Å². The van der Waals surface area contributed by atoms with E-state index < -0.39 is 47.9 Å². The summed E-state index contributed by atoms with van der Waals surface area (Å²) in [5.41, 5.74) is 5.88. The Balaban J connectivity index is 5.12. The fourth-order valence-corrected chi connectivity index (χ4v) is 2.65. The molecular formula is C20H38N4O5. The van der Waals surface area contributed by atoms with Crippen molar-refractivity contribution >= 4 is 23.7 Å². The van der Waals surface area contributed by atoms with E-state index in [9.17, 15) is 24.3 Å². The van der Waals surface area contributed by atoms with Gasteiger partial charge in [0.15, 0.2) is 0 Å². The van der Waals surface area contributed by atoms with Gasteiger partial charge in [-0.15, -0.1) is 0 Å². The average molecular weight is 415 g/mol. The highest BCUT2D eigenvalue weighted by Crippen LogP contribution is 2.09. The predicted octanol–water partition coefficient (Wildman–Crippen LogP) is 0.621. The Bertz CT molecular complexity index is 579. The molecule has 6 N–H and O–H groups in total. The van der Waals surface area contributed by atoms with Gasteiger partial charge in [0.2, 0.25) is 17.7 Å². The van der Waals surface area contributed by atoms with Gasteiger partial charge < -0.3 is 26.8 Å². The van der Waals surface area contributed by atoms with Crippen LogP contribution in [-0.2, 0) is 19.2 Å². The minimum atomic E-state index is -1.14. The zero-order chi connectivity index (χ0) is 22.9. The van der Waals surface area contributed by atoms with Crippen LogP contribution in [0.15, 0.2) is 0 Å². The summed E-state index contributed by atoms with van der Waals surface area (Å²) in [6, 6.07) is -3.58. The summed E-state index contributed by atoms with van der Waals surface area (Å²) in [4.78, 5) is 48.7. The first kappa shape index (κ1) is 26.8. The fourth-order valence-electron chi connectivity index (χ4n) is 2.65. The first-order valence-corrected chi connectivity index (χ1v) is 10.2. The molecule has 0 radical (unpaired) electrons. The smallest absolute Gasteiger partial charge is 0.326 e. The van der Waals surface area contributed by atoms with Crippen molar-refractivity contribution in [1.82, 2.24) is 16.0 Å². The molecule has 0 saturated heterocycles. The summed E-state index contributed by atoms with van der Waals surface area (Å²) in [5.74, 6) is -2.94. The predicted molar refractivity (Wildman–Crippen MR) is 111 cm³/mol. The summed E-state index contributed by atoms with van der Waals surface area (Å²) >= 11 is 0. The first-order valence-electron chi connectivity index (χ1n) is 10.2. The second-order valence-corrected chi connectivity index (χ2v) is 8.40. The molecule has 0 heterocycles. The van der Waals surface area contributed by atoms with E-state index in [0.29, 0.717) is 6.42 Å². The molecule has 0 aromatic rings. The zero-order valence-electron chi connectivity index (χ0n) is 18.6. The number of carbonyl (C=O) groups excluding carboxylic acids is 3. The van der Waals surface area contributed by atoms with Crippen LogP contribution < -0.4 is 21.7 Å². The number of hydrogen-bond acceptors (Lipinski definition) is 5. The maximum absolute atomic E-state index is 12.6. The van der Waals surface area contributed by atoms with E-state index in [-0.39, 0.29) is 17.8 Å². The van der Waals surface area contributed by atoms with E-state index in [0.717, 1.165) is 6.42 Å². The van der Waals surface area contributed by atoms with Crippen molar-refractivity contribution in [1.29, 1.82) is 0 Å². The molecular weight excluding hydrogens is 376 g/mol. The lowest BCUT2D eigenvalue weighted by atomic mass is 9.99. The molecule has 0 rings (SSSR count). The molecule has 5 atom stereocenters. The Morgan fingerprint density at radius 1 is 0.862 bits per heavy atom. The Kier molecular flexibility index (Phi) is 11.5. The lowest BCUT2D eigenvalue weighted by molar-refractivity contribution is -0.143. The Hall–Kier alpha value is -2.16. The van der Waals surface area contributed by atoms with Crippen LogP contribution in [0.4, 0.5) is 0 Å². The average Bonchev–Trinajstić information content (AvgIpc) is 2.62. The molecule has 168 valence electrons. The normalized spacial score (nSPS) is 16.5. The van der Waals surface area contributed by atoms with E-state index in [4.69, 9.17) is 5.73 Å². The van der Waals surface area contributed by atoms with Crippen LogP contribution in [0.3, 0.4) is 0 Å². The summed E-state index contributed by atoms with van der Waals surface area (Å²) in [6.45, 7) is 12.4. The molecule has 3 amide bonds. The molecule has 0 fully saturated rings. The molecule has 5 unspecified atom stereocenters. The fraction of sp³-hybridized carbons (Fsp3) is 0.800. The molecule has 0 saturated carbocycles. The van der Waals surface area contributed by atoms with Gasteiger partial charge in [-0.2, -0.15) is 0 Å². The molecule has 0 aromatic carbocycles. The van der Waals surface area contributed by atoms with Crippen LogP contribution in [0.2, 0.25) is 0 Å². The SMILES string of the molecule is CCC(C)C(N)C(=O)NC(C)C(=O)NC(CC(C)C)C(=O)NC(C(=O)O)C(C)C. The highest BCUT2D eigenvalue weighted by molar-refractivity contribution is 5.93. The van der Waals surface area contributed by atoms with Gasteiger partial charge in [0, 0.05) is 0 Å². The highest BCUT2D eigenvalue weighted by atomic mass is 16.4. The number of carboxylic acids is 1. The van der Waals surface area contributed by atoms with Crippen molar-refractivity contribution in [2.75, 3.05) is 0 Å². The Labute approximate surface area is 173 Å². The number of nitrogens with two attached hydrogens (primary N) is 1. The lowest BCUT2D eigenvalue weighted by Crippen LogP contribution is -2.57. The third kappa shape index (κ3) is 9.25. The summed E-state index contributed by atoms with van der Waals surface area (Å²) in [7, 11) is 0. The van der Waals surface area contributed by atoms with Crippen LogP contribution in [-0.4, -0.2) is 53.0 Å². The van der Waals surface area contributed by atoms with Crippen molar-refractivity contribution in [3.05, 3.63) is 0 Å². The Morgan fingerprint density at radius 3 is 1.83 bits per heavy atom. The number of hydrogen-bond donors (Lipinski definition) is 5. The molecule has 0 spiro atoms. The van der Waals surface area contributed by atoms with Crippen LogP contribution in [0.5, 0.6) is 0 Å². The highest BCUT2D eigenvalue weighted by Gasteiger charge is 2.30. The zero-order valence-corrected chi connectivity index (χ0v) is 18.6.